The lowest BCUT2D eigenvalue weighted by Gasteiger charge is -2.20. The molecule has 1 aromatic rings. The highest BCUT2D eigenvalue weighted by Gasteiger charge is 2.17. The summed E-state index contributed by atoms with van der Waals surface area (Å²) in [6.45, 7) is 8.27. The summed E-state index contributed by atoms with van der Waals surface area (Å²) < 4.78 is 15.2. The molecule has 0 spiro atoms. The smallest absolute Gasteiger partial charge is 0.181 e. The topological polar surface area (TPSA) is 61.9 Å². The Labute approximate surface area is 138 Å². The van der Waals surface area contributed by atoms with E-state index in [1.807, 2.05) is 13.8 Å². The minimum Gasteiger partial charge on any atom is -0.396 e. The van der Waals surface area contributed by atoms with Crippen molar-refractivity contribution in [3.63, 3.8) is 0 Å². The summed E-state index contributed by atoms with van der Waals surface area (Å²) in [5, 5.41) is 21.5. The van der Waals surface area contributed by atoms with Crippen LogP contribution in [-0.4, -0.2) is 27.3 Å². The van der Waals surface area contributed by atoms with E-state index in [9.17, 15) is 9.50 Å². The number of aryl methyl sites for hydroxylation is 2. The average Bonchev–Trinajstić information content (AvgIpc) is 2.92. The molecule has 1 heterocycles. The van der Waals surface area contributed by atoms with Gasteiger partial charge in [0.15, 0.2) is 11.7 Å². The molecule has 0 saturated carbocycles. The fourth-order valence-corrected chi connectivity index (χ4v) is 2.71. The zero-order chi connectivity index (χ0) is 17.4. The van der Waals surface area contributed by atoms with E-state index in [-0.39, 0.29) is 18.4 Å². The van der Waals surface area contributed by atoms with Crippen molar-refractivity contribution in [2.75, 3.05) is 6.61 Å². The number of hydrogen-bond acceptors (Lipinski definition) is 3. The van der Waals surface area contributed by atoms with Gasteiger partial charge in [0.05, 0.1) is 5.69 Å². The predicted octanol–water partition coefficient (Wildman–Crippen LogP) is 4.26. The lowest BCUT2D eigenvalue weighted by molar-refractivity contribution is 0.179. The molecule has 4 nitrogen and oxygen atoms in total. The van der Waals surface area contributed by atoms with Crippen LogP contribution in [0.25, 0.3) is 0 Å². The Bertz CT molecular complexity index is 536. The number of nitrogens with one attached hydrogen (secondary N) is 1. The van der Waals surface area contributed by atoms with Gasteiger partial charge < -0.3 is 5.11 Å². The second kappa shape index (κ2) is 9.60. The van der Waals surface area contributed by atoms with Crippen LogP contribution in [-0.2, 0) is 6.42 Å². The number of unbranched alkanes of at least 4 members (excludes halogenated alkanes) is 1. The highest BCUT2D eigenvalue weighted by Crippen LogP contribution is 2.22. The van der Waals surface area contributed by atoms with Gasteiger partial charge in [-0.25, -0.2) is 9.07 Å². The molecule has 0 radical (unpaired) electrons. The second-order valence-electron chi connectivity index (χ2n) is 6.24. The molecule has 0 aromatic carbocycles. The quantitative estimate of drug-likeness (QED) is 0.527. The summed E-state index contributed by atoms with van der Waals surface area (Å²) in [7, 11) is 0. The Kier molecular flexibility index (Phi) is 8.17. The minimum atomic E-state index is -0.527. The van der Waals surface area contributed by atoms with Gasteiger partial charge in [-0.05, 0) is 49.7 Å². The zero-order valence-electron chi connectivity index (χ0n) is 14.8. The molecule has 130 valence electrons. The highest BCUT2D eigenvalue weighted by atomic mass is 19.1. The van der Waals surface area contributed by atoms with Crippen LogP contribution in [0.1, 0.15) is 57.7 Å². The third kappa shape index (κ3) is 5.57. The standard InChI is InChI=1S/C18H30FN3O/c1-5-7-8-17(19)18(20)22-11-16(14(4)21-22)10-9-15(6-2)13(3)12-23/h8,11,13,15,20,23H,5-7,9-10,12H2,1-4H3. The number of nitrogens with zero attached hydrogens (tertiary/aromatic N) is 2. The summed E-state index contributed by atoms with van der Waals surface area (Å²) in [4.78, 5) is 0. The van der Waals surface area contributed by atoms with Crippen molar-refractivity contribution in [3.05, 3.63) is 29.4 Å². The SMILES string of the molecule is CCCC=C(F)C(=N)n1cc(CCC(CC)C(C)CO)c(C)n1. The molecule has 0 fully saturated rings. The number of hydrogen-bond donors (Lipinski definition) is 2. The first kappa shape index (κ1) is 19.6. The van der Waals surface area contributed by atoms with Crippen molar-refractivity contribution >= 4 is 5.84 Å². The number of halogens is 1. The van der Waals surface area contributed by atoms with E-state index in [1.165, 1.54) is 10.8 Å². The van der Waals surface area contributed by atoms with Crippen molar-refractivity contribution in [2.45, 2.75) is 59.8 Å². The zero-order valence-corrected chi connectivity index (χ0v) is 14.8. The fourth-order valence-electron chi connectivity index (χ4n) is 2.71. The molecule has 0 amide bonds. The van der Waals surface area contributed by atoms with E-state index >= 15 is 0 Å². The van der Waals surface area contributed by atoms with Crippen LogP contribution in [0.15, 0.2) is 18.1 Å². The molecule has 2 atom stereocenters. The van der Waals surface area contributed by atoms with Crippen molar-refractivity contribution in [3.8, 4) is 0 Å². The molecular weight excluding hydrogens is 293 g/mol. The van der Waals surface area contributed by atoms with Gasteiger partial charge in [-0.1, -0.05) is 33.6 Å². The van der Waals surface area contributed by atoms with Crippen LogP contribution in [0.4, 0.5) is 4.39 Å². The maximum atomic E-state index is 13.9. The monoisotopic (exact) mass is 323 g/mol. The lowest BCUT2D eigenvalue weighted by atomic mass is 9.87. The largest absolute Gasteiger partial charge is 0.396 e. The Hall–Kier alpha value is -1.49. The lowest BCUT2D eigenvalue weighted by Crippen LogP contribution is -2.15. The number of aliphatic hydroxyl groups excluding tert-OH is 1. The molecule has 0 aliphatic carbocycles. The van der Waals surface area contributed by atoms with E-state index in [4.69, 9.17) is 5.41 Å². The fraction of sp³-hybridized carbons (Fsp3) is 0.667. The highest BCUT2D eigenvalue weighted by molar-refractivity contribution is 5.94. The third-order valence-electron chi connectivity index (χ3n) is 4.47. The first-order chi connectivity index (χ1) is 10.9. The summed E-state index contributed by atoms with van der Waals surface area (Å²) in [5.74, 6) is 0.0104. The second-order valence-corrected chi connectivity index (χ2v) is 6.24. The number of aromatic nitrogens is 2. The molecule has 0 aliphatic heterocycles. The van der Waals surface area contributed by atoms with Gasteiger partial charge in [0, 0.05) is 12.8 Å². The molecule has 2 unspecified atom stereocenters. The molecule has 23 heavy (non-hydrogen) atoms. The van der Waals surface area contributed by atoms with Crippen molar-refractivity contribution < 1.29 is 9.50 Å². The van der Waals surface area contributed by atoms with Crippen molar-refractivity contribution in [2.24, 2.45) is 11.8 Å². The average molecular weight is 323 g/mol. The van der Waals surface area contributed by atoms with Crippen LogP contribution in [0.5, 0.6) is 0 Å². The van der Waals surface area contributed by atoms with E-state index < -0.39 is 5.83 Å². The van der Waals surface area contributed by atoms with Crippen molar-refractivity contribution in [1.29, 1.82) is 5.41 Å². The number of allylic oxidation sites excluding steroid dienone is 2. The van der Waals surface area contributed by atoms with E-state index in [0.717, 1.165) is 36.9 Å². The number of rotatable bonds is 9. The van der Waals surface area contributed by atoms with E-state index in [1.54, 1.807) is 6.20 Å². The molecule has 5 heteroatoms. The molecule has 1 aromatic heterocycles. The van der Waals surface area contributed by atoms with Crippen LogP contribution >= 0.6 is 0 Å². The Balaban J connectivity index is 2.76. The molecular formula is C18H30FN3O. The summed E-state index contributed by atoms with van der Waals surface area (Å²) in [6, 6.07) is 0. The van der Waals surface area contributed by atoms with Gasteiger partial charge in [-0.2, -0.15) is 5.10 Å². The maximum Gasteiger partial charge on any atom is 0.181 e. The van der Waals surface area contributed by atoms with Gasteiger partial charge in [-0.3, -0.25) is 5.41 Å². The molecule has 2 N–H and O–H groups in total. The van der Waals surface area contributed by atoms with E-state index in [2.05, 4.69) is 18.9 Å². The summed E-state index contributed by atoms with van der Waals surface area (Å²) >= 11 is 0. The maximum absolute atomic E-state index is 13.9. The minimum absolute atomic E-state index is 0.203. The Morgan fingerprint density at radius 3 is 2.74 bits per heavy atom. The molecule has 1 rings (SSSR count). The van der Waals surface area contributed by atoms with Crippen LogP contribution in [0.2, 0.25) is 0 Å². The van der Waals surface area contributed by atoms with Crippen LogP contribution < -0.4 is 0 Å². The van der Waals surface area contributed by atoms with Gasteiger partial charge >= 0.3 is 0 Å². The van der Waals surface area contributed by atoms with E-state index in [0.29, 0.717) is 12.3 Å². The molecule has 0 aliphatic rings. The summed E-state index contributed by atoms with van der Waals surface area (Å²) in [5.41, 5.74) is 1.88. The predicted molar refractivity (Wildman–Crippen MR) is 92.5 cm³/mol. The molecule has 0 bridgehead atoms. The first-order valence-corrected chi connectivity index (χ1v) is 8.55. The van der Waals surface area contributed by atoms with Gasteiger partial charge in [0.2, 0.25) is 0 Å². The third-order valence-corrected chi connectivity index (χ3v) is 4.47. The number of aliphatic hydroxyl groups is 1. The first-order valence-electron chi connectivity index (χ1n) is 8.55. The van der Waals surface area contributed by atoms with Crippen LogP contribution in [0, 0.1) is 24.2 Å². The Morgan fingerprint density at radius 2 is 2.17 bits per heavy atom. The molecule has 0 saturated heterocycles. The van der Waals surface area contributed by atoms with Crippen molar-refractivity contribution in [1.82, 2.24) is 9.78 Å². The van der Waals surface area contributed by atoms with Gasteiger partial charge in [0.25, 0.3) is 0 Å². The normalized spacial score (nSPS) is 14.8. The Morgan fingerprint density at radius 1 is 1.48 bits per heavy atom. The van der Waals surface area contributed by atoms with Gasteiger partial charge in [-0.15, -0.1) is 0 Å². The van der Waals surface area contributed by atoms with Crippen LogP contribution in [0.3, 0.4) is 0 Å². The summed E-state index contributed by atoms with van der Waals surface area (Å²) in [6.07, 6.45) is 7.50. The van der Waals surface area contributed by atoms with Gasteiger partial charge in [0.1, 0.15) is 0 Å².